The van der Waals surface area contributed by atoms with E-state index >= 15 is 0 Å². The maximum absolute atomic E-state index is 13.5. The summed E-state index contributed by atoms with van der Waals surface area (Å²) in [5.41, 5.74) is 4.26. The maximum Gasteiger partial charge on any atom is 0.269 e. The zero-order valence-corrected chi connectivity index (χ0v) is 9.05. The molecule has 0 saturated carbocycles. The highest BCUT2D eigenvalue weighted by Gasteiger charge is 2.25. The van der Waals surface area contributed by atoms with Crippen LogP contribution in [0.1, 0.15) is 0 Å². The highest BCUT2D eigenvalue weighted by Crippen LogP contribution is 2.26. The Morgan fingerprint density at radius 3 is 2.56 bits per heavy atom. The molecule has 5 nitrogen and oxygen atoms in total. The number of amides is 1. The van der Waals surface area contributed by atoms with Crippen molar-refractivity contribution in [1.29, 1.82) is 0 Å². The van der Waals surface area contributed by atoms with Gasteiger partial charge in [0.15, 0.2) is 17.9 Å². The molecule has 0 fully saturated rings. The van der Waals surface area contributed by atoms with Crippen molar-refractivity contribution >= 4 is 17.3 Å². The van der Waals surface area contributed by atoms with Crippen LogP contribution >= 0.6 is 0 Å². The molecule has 94 valence electrons. The van der Waals surface area contributed by atoms with Gasteiger partial charge in [0, 0.05) is 0 Å². The lowest BCUT2D eigenvalue weighted by atomic mass is 10.2. The van der Waals surface area contributed by atoms with E-state index in [1.807, 2.05) is 0 Å². The molecule has 18 heavy (non-hydrogen) atoms. The van der Waals surface area contributed by atoms with Gasteiger partial charge in [-0.3, -0.25) is 4.79 Å². The third-order valence-electron chi connectivity index (χ3n) is 2.31. The van der Waals surface area contributed by atoms with E-state index in [4.69, 9.17) is 5.73 Å². The number of primary amides is 1. The average molecular weight is 253 g/mol. The van der Waals surface area contributed by atoms with E-state index in [1.165, 1.54) is 12.1 Å². The highest BCUT2D eigenvalue weighted by molar-refractivity contribution is 6.43. The molecule has 0 aromatic heterocycles. The number of anilines is 1. The third-order valence-corrected chi connectivity index (χ3v) is 2.31. The first-order valence-electron chi connectivity index (χ1n) is 4.98. The molecule has 0 bridgehead atoms. The van der Waals surface area contributed by atoms with Gasteiger partial charge in [-0.25, -0.2) is 13.8 Å². The summed E-state index contributed by atoms with van der Waals surface area (Å²) in [5, 5.41) is 13.9. The number of carbonyl (C=O) groups is 1. The highest BCUT2D eigenvalue weighted by atomic mass is 19.1. The summed E-state index contributed by atoms with van der Waals surface area (Å²) < 4.78 is 27.1. The van der Waals surface area contributed by atoms with Crippen molar-refractivity contribution in [1.82, 2.24) is 0 Å². The summed E-state index contributed by atoms with van der Waals surface area (Å²) in [6.07, 6.45) is 0.959. The number of hydrazone groups is 1. The number of nitrogens with two attached hydrogens (primary N) is 1. The van der Waals surface area contributed by atoms with Gasteiger partial charge in [-0.1, -0.05) is 6.07 Å². The van der Waals surface area contributed by atoms with E-state index in [-0.39, 0.29) is 5.71 Å². The molecule has 0 aliphatic carbocycles. The van der Waals surface area contributed by atoms with Crippen molar-refractivity contribution in [2.75, 3.05) is 5.01 Å². The van der Waals surface area contributed by atoms with Crippen molar-refractivity contribution in [2.24, 2.45) is 10.8 Å². The van der Waals surface area contributed by atoms with Crippen LogP contribution < -0.4 is 10.7 Å². The van der Waals surface area contributed by atoms with Crippen LogP contribution in [0, 0.1) is 11.6 Å². The summed E-state index contributed by atoms with van der Waals surface area (Å²) in [7, 11) is 0. The van der Waals surface area contributed by atoms with Gasteiger partial charge in [0.1, 0.15) is 11.4 Å². The van der Waals surface area contributed by atoms with Crippen molar-refractivity contribution in [3.8, 4) is 0 Å². The molecule has 0 radical (unpaired) electrons. The minimum atomic E-state index is -1.38. The number of nitrogens with zero attached hydrogens (tertiary/aromatic N) is 2. The molecule has 1 amide bonds. The van der Waals surface area contributed by atoms with Crippen LogP contribution in [0.3, 0.4) is 0 Å². The lowest BCUT2D eigenvalue weighted by molar-refractivity contribution is -0.111. The first-order chi connectivity index (χ1) is 8.50. The van der Waals surface area contributed by atoms with Crippen LogP contribution in [-0.2, 0) is 4.79 Å². The molecule has 1 aliphatic heterocycles. The number of hydrogen-bond donors (Lipinski definition) is 2. The zero-order valence-electron chi connectivity index (χ0n) is 9.05. The monoisotopic (exact) mass is 253 g/mol. The van der Waals surface area contributed by atoms with E-state index in [1.54, 1.807) is 0 Å². The largest absolute Gasteiger partial charge is 0.368 e. The first-order valence-corrected chi connectivity index (χ1v) is 4.98. The van der Waals surface area contributed by atoms with E-state index < -0.39 is 29.5 Å². The van der Waals surface area contributed by atoms with Crippen molar-refractivity contribution in [3.05, 3.63) is 42.0 Å². The summed E-state index contributed by atoms with van der Waals surface area (Å²) in [6, 6.07) is 3.21. The number of aliphatic hydroxyl groups excluding tert-OH is 1. The van der Waals surface area contributed by atoms with Gasteiger partial charge in [0.2, 0.25) is 0 Å². The summed E-state index contributed by atoms with van der Waals surface area (Å²) in [4.78, 5) is 11.0. The van der Waals surface area contributed by atoms with Gasteiger partial charge in [-0.05, 0) is 24.3 Å². The second-order valence-corrected chi connectivity index (χ2v) is 3.54. The van der Waals surface area contributed by atoms with Crippen molar-refractivity contribution < 1.29 is 18.7 Å². The van der Waals surface area contributed by atoms with Crippen LogP contribution in [0.2, 0.25) is 0 Å². The van der Waals surface area contributed by atoms with Gasteiger partial charge in [-0.15, -0.1) is 0 Å². The molecule has 7 heteroatoms. The second kappa shape index (κ2) is 4.53. The summed E-state index contributed by atoms with van der Waals surface area (Å²) >= 11 is 0. The Hall–Kier alpha value is -2.28. The number of para-hydroxylation sites is 1. The SMILES string of the molecule is NC(=O)C1=NN(c2c(F)cccc2F)C(O)C=C1. The standard InChI is InChI=1S/C11H9F2N3O2/c12-6-2-1-3-7(13)10(6)16-9(17)5-4-8(15-16)11(14)18/h1-5,9,17H,(H2,14,18). The molecule has 1 aromatic carbocycles. The Morgan fingerprint density at radius 2 is 2.00 bits per heavy atom. The van der Waals surface area contributed by atoms with E-state index in [0.717, 1.165) is 18.2 Å². The van der Waals surface area contributed by atoms with Crippen LogP contribution in [0.15, 0.2) is 35.5 Å². The Kier molecular flexibility index (Phi) is 3.07. The molecule has 2 rings (SSSR count). The fourth-order valence-corrected chi connectivity index (χ4v) is 1.49. The molecule has 0 spiro atoms. The Bertz CT molecular complexity index is 537. The van der Waals surface area contributed by atoms with Crippen LogP contribution in [-0.4, -0.2) is 23.0 Å². The van der Waals surface area contributed by atoms with Crippen molar-refractivity contribution in [3.63, 3.8) is 0 Å². The molecule has 1 aromatic rings. The maximum atomic E-state index is 13.5. The fourth-order valence-electron chi connectivity index (χ4n) is 1.49. The fraction of sp³-hybridized carbons (Fsp3) is 0.0909. The predicted octanol–water partition coefficient (Wildman–Crippen LogP) is 0.501. The van der Waals surface area contributed by atoms with Crippen LogP contribution in [0.4, 0.5) is 14.5 Å². The van der Waals surface area contributed by atoms with Gasteiger partial charge in [0.25, 0.3) is 5.91 Å². The lowest BCUT2D eigenvalue weighted by Crippen LogP contribution is -2.37. The quantitative estimate of drug-likeness (QED) is 0.805. The average Bonchev–Trinajstić information content (AvgIpc) is 2.30. The number of hydrogen-bond acceptors (Lipinski definition) is 4. The summed E-state index contributed by atoms with van der Waals surface area (Å²) in [5.74, 6) is -2.67. The van der Waals surface area contributed by atoms with Crippen LogP contribution in [0.25, 0.3) is 0 Å². The number of rotatable bonds is 2. The second-order valence-electron chi connectivity index (χ2n) is 3.54. The molecule has 1 heterocycles. The Balaban J connectivity index is 2.49. The summed E-state index contributed by atoms with van der Waals surface area (Å²) in [6.45, 7) is 0. The Morgan fingerprint density at radius 1 is 1.39 bits per heavy atom. The Labute approximate surface area is 101 Å². The number of benzene rings is 1. The number of aliphatic hydroxyl groups is 1. The molecule has 0 saturated heterocycles. The molecule has 1 aliphatic rings. The lowest BCUT2D eigenvalue weighted by Gasteiger charge is -2.26. The van der Waals surface area contributed by atoms with E-state index in [0.29, 0.717) is 5.01 Å². The molecule has 1 unspecified atom stereocenters. The zero-order chi connectivity index (χ0) is 13.3. The molecule has 3 N–H and O–H groups in total. The molecular formula is C11H9F2N3O2. The minimum absolute atomic E-state index is 0.206. The van der Waals surface area contributed by atoms with Gasteiger partial charge in [0.05, 0.1) is 0 Å². The minimum Gasteiger partial charge on any atom is -0.368 e. The topological polar surface area (TPSA) is 78.9 Å². The first kappa shape index (κ1) is 12.2. The van der Waals surface area contributed by atoms with E-state index in [2.05, 4.69) is 5.10 Å². The van der Waals surface area contributed by atoms with Gasteiger partial charge in [-0.2, -0.15) is 5.10 Å². The van der Waals surface area contributed by atoms with Crippen LogP contribution in [0.5, 0.6) is 0 Å². The van der Waals surface area contributed by atoms with Gasteiger partial charge < -0.3 is 10.8 Å². The molecule has 1 atom stereocenters. The van der Waals surface area contributed by atoms with Crippen molar-refractivity contribution in [2.45, 2.75) is 6.23 Å². The molecular weight excluding hydrogens is 244 g/mol. The smallest absolute Gasteiger partial charge is 0.269 e. The normalized spacial score (nSPS) is 18.7. The predicted molar refractivity (Wildman–Crippen MR) is 60.6 cm³/mol. The van der Waals surface area contributed by atoms with Gasteiger partial charge >= 0.3 is 0 Å². The number of halogens is 2. The van der Waals surface area contributed by atoms with E-state index in [9.17, 15) is 18.7 Å². The number of carbonyl (C=O) groups excluding carboxylic acids is 1. The third kappa shape index (κ3) is 2.07.